The molecule has 1 aromatic rings. The molecular weight excluding hydrogens is 390 g/mol. The van der Waals surface area contributed by atoms with Gasteiger partial charge in [-0.05, 0) is 46.8 Å². The third-order valence-corrected chi connectivity index (χ3v) is 9.55. The second-order valence-electron chi connectivity index (χ2n) is 11.4. The zero-order valence-corrected chi connectivity index (χ0v) is 18.7. The second kappa shape index (κ2) is 5.48. The number of allylic oxidation sites excluding steroid dienone is 2. The van der Waals surface area contributed by atoms with Gasteiger partial charge in [-0.25, -0.2) is 0 Å². The zero-order valence-electron chi connectivity index (χ0n) is 18.7. The molecule has 0 N–H and O–H groups in total. The van der Waals surface area contributed by atoms with Gasteiger partial charge < -0.3 is 4.74 Å². The Morgan fingerprint density at radius 2 is 1.65 bits per heavy atom. The van der Waals surface area contributed by atoms with Crippen LogP contribution in [0.5, 0.6) is 0 Å². The molecule has 7 rings (SSSR count). The number of ether oxygens (including phenoxy) is 1. The maximum atomic E-state index is 13.8. The minimum atomic E-state index is -0.473. The molecule has 5 heteroatoms. The molecule has 6 aliphatic rings. The minimum absolute atomic E-state index is 0.0546. The lowest BCUT2D eigenvalue weighted by Crippen LogP contribution is -2.51. The molecule has 2 amide bonds. The van der Waals surface area contributed by atoms with E-state index in [0.29, 0.717) is 17.9 Å². The molecule has 31 heavy (non-hydrogen) atoms. The van der Waals surface area contributed by atoms with Crippen LogP contribution in [0, 0.1) is 51.8 Å². The van der Waals surface area contributed by atoms with Gasteiger partial charge in [0.05, 0.1) is 30.4 Å². The third kappa shape index (κ3) is 1.86. The molecule has 8 atom stereocenters. The van der Waals surface area contributed by atoms with Crippen molar-refractivity contribution in [1.82, 2.24) is 0 Å². The van der Waals surface area contributed by atoms with Crippen molar-refractivity contribution in [3.63, 3.8) is 0 Å². The first-order chi connectivity index (χ1) is 14.6. The minimum Gasteiger partial charge on any atom is -0.501 e. The van der Waals surface area contributed by atoms with Gasteiger partial charge in [0, 0.05) is 17.8 Å². The first-order valence-corrected chi connectivity index (χ1v) is 11.3. The van der Waals surface area contributed by atoms with Gasteiger partial charge in [-0.2, -0.15) is 0 Å². The summed E-state index contributed by atoms with van der Waals surface area (Å²) in [4.78, 5) is 42.2. The molecule has 5 aliphatic carbocycles. The Hall–Kier alpha value is -2.43. The number of carbonyl (C=O) groups is 3. The van der Waals surface area contributed by atoms with Crippen LogP contribution >= 0.6 is 0 Å². The number of anilines is 1. The molecule has 3 saturated carbocycles. The number of hydrogen-bond acceptors (Lipinski definition) is 4. The molecule has 4 fully saturated rings. The number of methoxy groups -OCH3 is 1. The summed E-state index contributed by atoms with van der Waals surface area (Å²) in [5.41, 5.74) is -0.145. The van der Waals surface area contributed by atoms with Gasteiger partial charge >= 0.3 is 0 Å². The fourth-order valence-electron chi connectivity index (χ4n) is 8.61. The number of ketones is 1. The molecule has 1 aliphatic heterocycles. The van der Waals surface area contributed by atoms with Crippen LogP contribution in [0.15, 0.2) is 42.2 Å². The van der Waals surface area contributed by atoms with Crippen LogP contribution < -0.4 is 4.90 Å². The second-order valence-corrected chi connectivity index (χ2v) is 11.4. The predicted molar refractivity (Wildman–Crippen MR) is 115 cm³/mol. The molecule has 1 spiro atoms. The van der Waals surface area contributed by atoms with Crippen molar-refractivity contribution in [2.45, 2.75) is 34.1 Å². The molecule has 0 radical (unpaired) electrons. The van der Waals surface area contributed by atoms with Gasteiger partial charge in [-0.3, -0.25) is 19.3 Å². The molecule has 1 aromatic carbocycles. The average molecular weight is 420 g/mol. The van der Waals surface area contributed by atoms with Crippen LogP contribution in [-0.2, 0) is 19.1 Å². The SMILES string of the molecule is COC1=C[C@@H]2[C@@H]3C(=O)N(c4ccccc4)C(=O)[C@@H]3[C@H]1[C@@H]1[C@@]23[C@@H](C(C)(C)C)CC(=O)[C@@]13C. The Bertz CT molecular complexity index is 1070. The molecule has 0 unspecified atom stereocenters. The van der Waals surface area contributed by atoms with Crippen molar-refractivity contribution in [1.29, 1.82) is 0 Å². The van der Waals surface area contributed by atoms with Crippen LogP contribution in [0.1, 0.15) is 34.1 Å². The molecule has 162 valence electrons. The molecule has 2 bridgehead atoms. The summed E-state index contributed by atoms with van der Waals surface area (Å²) in [6.07, 6.45) is 2.68. The Balaban J connectivity index is 1.53. The van der Waals surface area contributed by atoms with Crippen LogP contribution in [0.2, 0.25) is 0 Å². The quantitative estimate of drug-likeness (QED) is 0.684. The average Bonchev–Trinajstić information content (AvgIpc) is 3.11. The van der Waals surface area contributed by atoms with Crippen molar-refractivity contribution >= 4 is 23.3 Å². The number of Topliss-reactive ketones (excluding diaryl/α,β-unsaturated/α-hetero) is 1. The van der Waals surface area contributed by atoms with E-state index in [9.17, 15) is 14.4 Å². The van der Waals surface area contributed by atoms with Crippen molar-refractivity contribution < 1.29 is 19.1 Å². The molecule has 1 saturated heterocycles. The van der Waals surface area contributed by atoms with Crippen molar-refractivity contribution in [3.8, 4) is 0 Å². The summed E-state index contributed by atoms with van der Waals surface area (Å²) < 4.78 is 5.79. The maximum Gasteiger partial charge on any atom is 0.238 e. The largest absolute Gasteiger partial charge is 0.501 e. The number of benzene rings is 1. The van der Waals surface area contributed by atoms with Crippen molar-refractivity contribution in [2.75, 3.05) is 12.0 Å². The monoisotopic (exact) mass is 419 g/mol. The summed E-state index contributed by atoms with van der Waals surface area (Å²) in [6, 6.07) is 9.22. The smallest absolute Gasteiger partial charge is 0.238 e. The number of imide groups is 1. The third-order valence-electron chi connectivity index (χ3n) is 9.55. The van der Waals surface area contributed by atoms with E-state index in [1.807, 2.05) is 30.3 Å². The molecule has 0 aromatic heterocycles. The van der Waals surface area contributed by atoms with Gasteiger partial charge in [0.2, 0.25) is 11.8 Å². The Kier molecular flexibility index (Phi) is 3.41. The van der Waals surface area contributed by atoms with E-state index in [0.717, 1.165) is 5.76 Å². The number of rotatable bonds is 2. The summed E-state index contributed by atoms with van der Waals surface area (Å²) in [6.45, 7) is 8.72. The molecule has 1 heterocycles. The number of carbonyl (C=O) groups excluding carboxylic acids is 3. The van der Waals surface area contributed by atoms with Crippen molar-refractivity contribution in [3.05, 3.63) is 42.2 Å². The molecular formula is C26H29NO4. The van der Waals surface area contributed by atoms with E-state index >= 15 is 0 Å². The van der Waals surface area contributed by atoms with Gasteiger partial charge in [0.15, 0.2) is 0 Å². The highest BCUT2D eigenvalue weighted by molar-refractivity contribution is 6.23. The maximum absolute atomic E-state index is 13.8. The fraction of sp³-hybridized carbons (Fsp3) is 0.577. The Labute approximate surface area is 182 Å². The van der Waals surface area contributed by atoms with Gasteiger partial charge in [0.25, 0.3) is 0 Å². The van der Waals surface area contributed by atoms with Gasteiger partial charge in [-0.1, -0.05) is 45.9 Å². The lowest BCUT2D eigenvalue weighted by molar-refractivity contribution is -0.131. The van der Waals surface area contributed by atoms with E-state index in [1.54, 1.807) is 7.11 Å². The Morgan fingerprint density at radius 3 is 2.26 bits per heavy atom. The number of hydrogen-bond donors (Lipinski definition) is 0. The zero-order chi connectivity index (χ0) is 22.1. The number of para-hydroxylation sites is 1. The summed E-state index contributed by atoms with van der Waals surface area (Å²) in [5.74, 6) is -0.0822. The van der Waals surface area contributed by atoms with E-state index < -0.39 is 17.3 Å². The van der Waals surface area contributed by atoms with E-state index in [2.05, 4.69) is 33.8 Å². The topological polar surface area (TPSA) is 63.7 Å². The summed E-state index contributed by atoms with van der Waals surface area (Å²) >= 11 is 0. The van der Waals surface area contributed by atoms with Crippen LogP contribution in [-0.4, -0.2) is 24.7 Å². The molecule has 5 nitrogen and oxygen atoms in total. The summed E-state index contributed by atoms with van der Waals surface area (Å²) in [7, 11) is 1.65. The predicted octanol–water partition coefficient (Wildman–Crippen LogP) is 3.84. The van der Waals surface area contributed by atoms with Crippen LogP contribution in [0.25, 0.3) is 0 Å². The normalized spacial score (nSPS) is 44.7. The number of amides is 2. The van der Waals surface area contributed by atoms with Crippen LogP contribution in [0.4, 0.5) is 5.69 Å². The Morgan fingerprint density at radius 1 is 1.00 bits per heavy atom. The fourth-order valence-corrected chi connectivity index (χ4v) is 8.61. The first-order valence-electron chi connectivity index (χ1n) is 11.3. The van der Waals surface area contributed by atoms with Crippen molar-refractivity contribution in [2.24, 2.45) is 51.8 Å². The van der Waals surface area contributed by atoms with E-state index in [-0.39, 0.29) is 46.3 Å². The summed E-state index contributed by atoms with van der Waals surface area (Å²) in [5, 5.41) is 0. The van der Waals surface area contributed by atoms with Gasteiger partial charge in [0.1, 0.15) is 5.78 Å². The standard InChI is InChI=1S/C26H29NO4/c1-24(2,3)16-12-17(28)25(4)21-19-15(31-5)11-14(26(16,21)25)18-20(19)23(30)27(22(18)29)13-9-7-6-8-10-13/h6-11,14,16,18-21H,12H2,1-5H3/t14-,16-,18+,19+,20+,21+,25+,26+/m1/s1. The van der Waals surface area contributed by atoms with E-state index in [1.165, 1.54) is 4.90 Å². The highest BCUT2D eigenvalue weighted by Crippen LogP contribution is 2.90. The lowest BCUT2D eigenvalue weighted by atomic mass is 9.52. The highest BCUT2D eigenvalue weighted by Gasteiger charge is 2.93. The van der Waals surface area contributed by atoms with E-state index in [4.69, 9.17) is 4.74 Å². The number of nitrogens with zero attached hydrogens (tertiary/aromatic N) is 1. The lowest BCUT2D eigenvalue weighted by Gasteiger charge is -2.50. The first kappa shape index (κ1) is 19.3. The highest BCUT2D eigenvalue weighted by atomic mass is 16.5. The van der Waals surface area contributed by atoms with Crippen LogP contribution in [0.3, 0.4) is 0 Å². The van der Waals surface area contributed by atoms with Gasteiger partial charge in [-0.15, -0.1) is 0 Å².